The molecule has 0 bridgehead atoms. The van der Waals surface area contributed by atoms with Gasteiger partial charge in [-0.2, -0.15) is 0 Å². The summed E-state index contributed by atoms with van der Waals surface area (Å²) in [4.78, 5) is 24.4. The summed E-state index contributed by atoms with van der Waals surface area (Å²) in [6.45, 7) is 3.62. The molecule has 0 aromatic carbocycles. The third-order valence-corrected chi connectivity index (χ3v) is 3.26. The van der Waals surface area contributed by atoms with E-state index in [1.807, 2.05) is 0 Å². The topological polar surface area (TPSA) is 61.8 Å². The predicted octanol–water partition coefficient (Wildman–Crippen LogP) is 1.51. The Hall–Kier alpha value is -2.04. The van der Waals surface area contributed by atoms with Gasteiger partial charge in [-0.1, -0.05) is 6.08 Å². The van der Waals surface area contributed by atoms with E-state index < -0.39 is 23.5 Å². The molecule has 1 aliphatic heterocycles. The maximum Gasteiger partial charge on any atom is 0.332 e. The Morgan fingerprint density at radius 1 is 1.47 bits per heavy atom. The molecule has 1 heterocycles. The van der Waals surface area contributed by atoms with Gasteiger partial charge >= 0.3 is 11.9 Å². The Balaban J connectivity index is 2.53. The van der Waals surface area contributed by atoms with Gasteiger partial charge in [0.15, 0.2) is 0 Å². The van der Waals surface area contributed by atoms with Crippen molar-refractivity contribution in [3.63, 3.8) is 0 Å². The molecule has 19 heavy (non-hydrogen) atoms. The zero-order chi connectivity index (χ0) is 14.0. The lowest BCUT2D eigenvalue weighted by Gasteiger charge is -2.20. The lowest BCUT2D eigenvalue weighted by Crippen LogP contribution is -2.37. The summed E-state index contributed by atoms with van der Waals surface area (Å²) in [7, 11) is 1.52. The van der Waals surface area contributed by atoms with Crippen LogP contribution in [0.1, 0.15) is 13.8 Å². The average Bonchev–Trinajstić information content (AvgIpc) is 2.55. The second-order valence-electron chi connectivity index (χ2n) is 4.30. The summed E-state index contributed by atoms with van der Waals surface area (Å²) < 4.78 is 15.3. The van der Waals surface area contributed by atoms with Crippen molar-refractivity contribution < 1.29 is 23.8 Å². The first-order chi connectivity index (χ1) is 9.06. The minimum Gasteiger partial charge on any atom is -0.497 e. The molecule has 2 atom stereocenters. The van der Waals surface area contributed by atoms with Gasteiger partial charge in [0.2, 0.25) is 5.41 Å². The quantitative estimate of drug-likeness (QED) is 0.571. The van der Waals surface area contributed by atoms with Crippen molar-refractivity contribution in [2.24, 2.45) is 5.41 Å². The third kappa shape index (κ3) is 1.95. The fourth-order valence-electron chi connectivity index (χ4n) is 2.27. The van der Waals surface area contributed by atoms with Gasteiger partial charge in [-0.15, -0.1) is 0 Å². The first kappa shape index (κ1) is 13.4. The van der Waals surface area contributed by atoms with Crippen LogP contribution in [0.4, 0.5) is 0 Å². The molecule has 5 heteroatoms. The average molecular weight is 264 g/mol. The summed E-state index contributed by atoms with van der Waals surface area (Å²) in [5.74, 6) is -0.658. The van der Waals surface area contributed by atoms with E-state index in [9.17, 15) is 9.59 Å². The van der Waals surface area contributed by atoms with E-state index in [2.05, 4.69) is 0 Å². The number of fused-ring (bicyclic) bond motifs is 1. The lowest BCUT2D eigenvalue weighted by atomic mass is 9.80. The number of carbonyl (C=O) groups is 2. The Bertz CT molecular complexity index is 500. The number of allylic oxidation sites excluding steroid dienone is 3. The van der Waals surface area contributed by atoms with Crippen LogP contribution in [0, 0.1) is 5.41 Å². The van der Waals surface area contributed by atoms with E-state index in [1.165, 1.54) is 13.2 Å². The Morgan fingerprint density at radius 3 is 2.84 bits per heavy atom. The smallest absolute Gasteiger partial charge is 0.332 e. The molecule has 0 N–H and O–H groups in total. The highest BCUT2D eigenvalue weighted by Crippen LogP contribution is 2.43. The maximum atomic E-state index is 12.2. The van der Waals surface area contributed by atoms with Gasteiger partial charge in [-0.3, -0.25) is 9.59 Å². The number of esters is 2. The van der Waals surface area contributed by atoms with E-state index in [-0.39, 0.29) is 6.61 Å². The lowest BCUT2D eigenvalue weighted by molar-refractivity contribution is -0.160. The molecule has 2 aliphatic rings. The van der Waals surface area contributed by atoms with E-state index in [1.54, 1.807) is 32.1 Å². The second-order valence-corrected chi connectivity index (χ2v) is 4.30. The SMILES string of the molecule is CCOC(=O)[C@@]12C=CC(OC)=CC=C1[C@H](C)OC2=O. The summed E-state index contributed by atoms with van der Waals surface area (Å²) in [6.07, 6.45) is 6.00. The summed E-state index contributed by atoms with van der Waals surface area (Å²) in [5.41, 5.74) is -0.911. The molecule has 0 aromatic heterocycles. The van der Waals surface area contributed by atoms with Crippen molar-refractivity contribution in [2.75, 3.05) is 13.7 Å². The van der Waals surface area contributed by atoms with Gasteiger partial charge in [-0.05, 0) is 32.1 Å². The molecule has 0 unspecified atom stereocenters. The van der Waals surface area contributed by atoms with Crippen LogP contribution in [0.5, 0.6) is 0 Å². The molecule has 0 spiro atoms. The van der Waals surface area contributed by atoms with Gasteiger partial charge in [0.1, 0.15) is 11.9 Å². The normalized spacial score (nSPS) is 28.8. The predicted molar refractivity (Wildman–Crippen MR) is 66.9 cm³/mol. The number of methoxy groups -OCH3 is 1. The van der Waals surface area contributed by atoms with Crippen LogP contribution >= 0.6 is 0 Å². The summed E-state index contributed by atoms with van der Waals surface area (Å²) >= 11 is 0. The highest BCUT2D eigenvalue weighted by Gasteiger charge is 2.57. The number of ether oxygens (including phenoxy) is 3. The van der Waals surface area contributed by atoms with E-state index >= 15 is 0 Å². The van der Waals surface area contributed by atoms with Crippen molar-refractivity contribution >= 4 is 11.9 Å². The fraction of sp³-hybridized carbons (Fsp3) is 0.429. The highest BCUT2D eigenvalue weighted by atomic mass is 16.6. The van der Waals surface area contributed by atoms with Crippen molar-refractivity contribution in [2.45, 2.75) is 20.0 Å². The molecule has 102 valence electrons. The molecule has 1 saturated heterocycles. The molecule has 2 rings (SSSR count). The van der Waals surface area contributed by atoms with Gasteiger partial charge in [0, 0.05) is 5.57 Å². The molecule has 5 nitrogen and oxygen atoms in total. The molecule has 1 aliphatic carbocycles. The van der Waals surface area contributed by atoms with Crippen molar-refractivity contribution in [3.8, 4) is 0 Å². The Labute approximate surface area is 111 Å². The minimum absolute atomic E-state index is 0.202. The zero-order valence-corrected chi connectivity index (χ0v) is 11.1. The van der Waals surface area contributed by atoms with Crippen molar-refractivity contribution in [1.82, 2.24) is 0 Å². The van der Waals surface area contributed by atoms with Gasteiger partial charge in [0.05, 0.1) is 13.7 Å². The molecule has 0 aromatic rings. The van der Waals surface area contributed by atoms with Gasteiger partial charge < -0.3 is 14.2 Å². The van der Waals surface area contributed by atoms with Crippen molar-refractivity contribution in [3.05, 3.63) is 35.6 Å². The number of hydrogen-bond donors (Lipinski definition) is 0. The number of carbonyl (C=O) groups excluding carboxylic acids is 2. The Morgan fingerprint density at radius 2 is 2.21 bits per heavy atom. The largest absolute Gasteiger partial charge is 0.497 e. The summed E-state index contributed by atoms with van der Waals surface area (Å²) in [5, 5.41) is 0. The van der Waals surface area contributed by atoms with Crippen LogP contribution in [0.15, 0.2) is 35.6 Å². The standard InChI is InChI=1S/C14H16O5/c1-4-18-12(15)14-8-7-10(17-3)5-6-11(14)9(2)19-13(14)16/h5-9H,4H2,1-3H3/t9-,14+/m0/s1. The highest BCUT2D eigenvalue weighted by molar-refractivity contribution is 6.08. The molecule has 1 fully saturated rings. The maximum absolute atomic E-state index is 12.2. The number of cyclic esters (lactones) is 1. The fourth-order valence-corrected chi connectivity index (χ4v) is 2.27. The Kier molecular flexibility index (Phi) is 3.46. The van der Waals surface area contributed by atoms with E-state index in [0.29, 0.717) is 11.3 Å². The van der Waals surface area contributed by atoms with E-state index in [0.717, 1.165) is 0 Å². The molecular formula is C14H16O5. The van der Waals surface area contributed by atoms with Crippen LogP contribution < -0.4 is 0 Å². The van der Waals surface area contributed by atoms with Crippen LogP contribution in [0.3, 0.4) is 0 Å². The minimum atomic E-state index is -1.48. The van der Waals surface area contributed by atoms with E-state index in [4.69, 9.17) is 14.2 Å². The van der Waals surface area contributed by atoms with Crippen molar-refractivity contribution in [1.29, 1.82) is 0 Å². The van der Waals surface area contributed by atoms with Crippen LogP contribution in [-0.4, -0.2) is 31.8 Å². The number of hydrogen-bond acceptors (Lipinski definition) is 5. The van der Waals surface area contributed by atoms with Gasteiger partial charge in [-0.25, -0.2) is 0 Å². The monoisotopic (exact) mass is 264 g/mol. The number of rotatable bonds is 3. The molecule has 0 amide bonds. The molecular weight excluding hydrogens is 248 g/mol. The zero-order valence-electron chi connectivity index (χ0n) is 11.1. The van der Waals surface area contributed by atoms with Crippen LogP contribution in [0.25, 0.3) is 0 Å². The first-order valence-corrected chi connectivity index (χ1v) is 6.10. The van der Waals surface area contributed by atoms with Crippen LogP contribution in [-0.2, 0) is 23.8 Å². The molecule has 0 saturated carbocycles. The first-order valence-electron chi connectivity index (χ1n) is 6.10. The second kappa shape index (κ2) is 4.91. The van der Waals surface area contributed by atoms with Gasteiger partial charge in [0.25, 0.3) is 0 Å². The molecule has 0 radical (unpaired) electrons. The third-order valence-electron chi connectivity index (χ3n) is 3.26. The summed E-state index contributed by atoms with van der Waals surface area (Å²) in [6, 6.07) is 0. The van der Waals surface area contributed by atoms with Crippen LogP contribution in [0.2, 0.25) is 0 Å².